The van der Waals surface area contributed by atoms with Crippen LogP contribution in [0, 0.1) is 19.8 Å². The quantitative estimate of drug-likeness (QED) is 0.707. The molecule has 0 atom stereocenters. The highest BCUT2D eigenvalue weighted by Gasteiger charge is 2.25. The number of amides is 1. The van der Waals surface area contributed by atoms with E-state index < -0.39 is 0 Å². The van der Waals surface area contributed by atoms with Crippen molar-refractivity contribution >= 4 is 11.6 Å². The molecule has 1 N–H and O–H groups in total. The number of anilines is 1. The first kappa shape index (κ1) is 19.4. The van der Waals surface area contributed by atoms with Crippen molar-refractivity contribution in [3.63, 3.8) is 0 Å². The Morgan fingerprint density at radius 1 is 1.03 bits per heavy atom. The zero-order chi connectivity index (χ0) is 20.2. The fraction of sp³-hybridized carbons (Fsp3) is 0.333. The second-order valence-electron chi connectivity index (χ2n) is 7.91. The fourth-order valence-corrected chi connectivity index (χ4v) is 4.04. The van der Waals surface area contributed by atoms with Gasteiger partial charge < -0.3 is 5.32 Å². The van der Waals surface area contributed by atoms with Crippen LogP contribution < -0.4 is 5.32 Å². The average Bonchev–Trinajstić information content (AvgIpc) is 3.07. The Labute approximate surface area is 172 Å². The number of benzene rings is 2. The second-order valence-corrected chi connectivity index (χ2v) is 7.91. The molecule has 1 aliphatic heterocycles. The number of nitrogens with one attached hydrogen (secondary N) is 1. The summed E-state index contributed by atoms with van der Waals surface area (Å²) in [5.41, 5.74) is 5.19. The van der Waals surface area contributed by atoms with Crippen LogP contribution in [-0.2, 0) is 11.3 Å². The number of piperidine rings is 1. The zero-order valence-corrected chi connectivity index (χ0v) is 17.1. The van der Waals surface area contributed by atoms with Crippen molar-refractivity contribution in [1.29, 1.82) is 0 Å². The summed E-state index contributed by atoms with van der Waals surface area (Å²) in [6, 6.07) is 20.5. The lowest BCUT2D eigenvalue weighted by atomic mass is 9.95. The number of aryl methyl sites for hydroxylation is 2. The number of rotatable bonds is 5. The Kier molecular flexibility index (Phi) is 5.76. The van der Waals surface area contributed by atoms with Gasteiger partial charge in [-0.2, -0.15) is 5.10 Å². The average molecular weight is 389 g/mol. The minimum absolute atomic E-state index is 0.0689. The molecule has 1 saturated heterocycles. The summed E-state index contributed by atoms with van der Waals surface area (Å²) in [7, 11) is 0. The van der Waals surface area contributed by atoms with E-state index in [0.717, 1.165) is 55.2 Å². The molecule has 29 heavy (non-hydrogen) atoms. The van der Waals surface area contributed by atoms with Crippen molar-refractivity contribution < 1.29 is 4.79 Å². The Morgan fingerprint density at radius 3 is 2.48 bits per heavy atom. The maximum atomic E-state index is 12.8. The molecule has 150 valence electrons. The first-order chi connectivity index (χ1) is 14.1. The highest BCUT2D eigenvalue weighted by molar-refractivity contribution is 5.92. The summed E-state index contributed by atoms with van der Waals surface area (Å²) < 4.78 is 1.91. The topological polar surface area (TPSA) is 50.2 Å². The van der Waals surface area contributed by atoms with Gasteiger partial charge in [0.25, 0.3) is 0 Å². The van der Waals surface area contributed by atoms with Crippen molar-refractivity contribution in [2.45, 2.75) is 33.2 Å². The van der Waals surface area contributed by atoms with Crippen LogP contribution in [0.5, 0.6) is 0 Å². The van der Waals surface area contributed by atoms with Crippen LogP contribution in [0.25, 0.3) is 5.69 Å². The number of carbonyl (C=O) groups excluding carboxylic acids is 1. The van der Waals surface area contributed by atoms with Crippen molar-refractivity contribution in [1.82, 2.24) is 14.7 Å². The molecule has 2 aromatic carbocycles. The highest BCUT2D eigenvalue weighted by Crippen LogP contribution is 2.22. The largest absolute Gasteiger partial charge is 0.326 e. The molecule has 0 aliphatic carbocycles. The lowest BCUT2D eigenvalue weighted by Crippen LogP contribution is -2.37. The predicted octanol–water partition coefficient (Wildman–Crippen LogP) is 4.34. The number of likely N-dealkylation sites (tertiary alicyclic amines) is 1. The molecule has 1 aliphatic rings. The second kappa shape index (κ2) is 8.62. The monoisotopic (exact) mass is 388 g/mol. The molecular weight excluding hydrogens is 360 g/mol. The van der Waals surface area contributed by atoms with Crippen LogP contribution in [0.1, 0.15) is 29.8 Å². The van der Waals surface area contributed by atoms with Crippen molar-refractivity contribution in [2.75, 3.05) is 18.4 Å². The number of hydrogen-bond acceptors (Lipinski definition) is 3. The van der Waals surface area contributed by atoms with Gasteiger partial charge >= 0.3 is 0 Å². The minimum Gasteiger partial charge on any atom is -0.326 e. The molecular formula is C24H28N4O. The number of hydrogen-bond donors (Lipinski definition) is 1. The van der Waals surface area contributed by atoms with Gasteiger partial charge in [-0.3, -0.25) is 9.69 Å². The van der Waals surface area contributed by atoms with Gasteiger partial charge in [0, 0.05) is 23.8 Å². The van der Waals surface area contributed by atoms with E-state index in [1.165, 1.54) is 5.56 Å². The molecule has 0 spiro atoms. The summed E-state index contributed by atoms with van der Waals surface area (Å²) in [6.07, 6.45) is 1.80. The van der Waals surface area contributed by atoms with Crippen LogP contribution in [0.4, 0.5) is 5.69 Å². The third-order valence-electron chi connectivity index (χ3n) is 5.58. The van der Waals surface area contributed by atoms with Crippen molar-refractivity contribution in [3.8, 4) is 5.69 Å². The van der Waals surface area contributed by atoms with E-state index in [1.807, 2.05) is 48.9 Å². The number of carbonyl (C=O) groups is 1. The smallest absolute Gasteiger partial charge is 0.227 e. The van der Waals surface area contributed by atoms with Crippen LogP contribution >= 0.6 is 0 Å². The molecule has 0 radical (unpaired) electrons. The fourth-order valence-electron chi connectivity index (χ4n) is 4.04. The third-order valence-corrected chi connectivity index (χ3v) is 5.58. The lowest BCUT2D eigenvalue weighted by Gasteiger charge is -2.31. The highest BCUT2D eigenvalue weighted by atomic mass is 16.1. The van der Waals surface area contributed by atoms with E-state index in [9.17, 15) is 4.79 Å². The van der Waals surface area contributed by atoms with Gasteiger partial charge in [0.15, 0.2) is 0 Å². The molecule has 1 aromatic heterocycles. The molecule has 0 saturated carbocycles. The van der Waals surface area contributed by atoms with E-state index >= 15 is 0 Å². The molecule has 5 heteroatoms. The number of aromatic nitrogens is 2. The van der Waals surface area contributed by atoms with E-state index in [4.69, 9.17) is 0 Å². The van der Waals surface area contributed by atoms with Gasteiger partial charge in [0.05, 0.1) is 11.4 Å². The number of nitrogens with zero attached hydrogens (tertiary/aromatic N) is 3. The first-order valence-corrected chi connectivity index (χ1v) is 10.3. The standard InChI is InChI=1S/C24H28N4O/c1-18-15-19(2)28(26-18)23-10-6-9-22(16-23)25-24(29)21-11-13-27(14-12-21)17-20-7-4-3-5-8-20/h3-10,15-16,21H,11-14,17H2,1-2H3,(H,25,29). The van der Waals surface area contributed by atoms with Gasteiger partial charge in [0.2, 0.25) is 5.91 Å². The maximum absolute atomic E-state index is 12.8. The van der Waals surface area contributed by atoms with Gasteiger partial charge in [-0.25, -0.2) is 4.68 Å². The molecule has 3 aromatic rings. The Balaban J connectivity index is 1.34. The lowest BCUT2D eigenvalue weighted by molar-refractivity contribution is -0.121. The van der Waals surface area contributed by atoms with Crippen LogP contribution in [-0.4, -0.2) is 33.7 Å². The maximum Gasteiger partial charge on any atom is 0.227 e. The molecule has 0 unspecified atom stereocenters. The first-order valence-electron chi connectivity index (χ1n) is 10.3. The van der Waals surface area contributed by atoms with Crippen LogP contribution in [0.15, 0.2) is 60.7 Å². The van der Waals surface area contributed by atoms with Gasteiger partial charge in [0.1, 0.15) is 0 Å². The predicted molar refractivity (Wildman–Crippen MR) is 116 cm³/mol. The van der Waals surface area contributed by atoms with Crippen molar-refractivity contribution in [3.05, 3.63) is 77.6 Å². The Bertz CT molecular complexity index is 972. The van der Waals surface area contributed by atoms with E-state index in [1.54, 1.807) is 0 Å². The molecule has 5 nitrogen and oxygen atoms in total. The molecule has 1 amide bonds. The normalized spacial score (nSPS) is 15.4. The molecule has 0 bridgehead atoms. The van der Waals surface area contributed by atoms with E-state index in [-0.39, 0.29) is 11.8 Å². The summed E-state index contributed by atoms with van der Waals surface area (Å²) in [4.78, 5) is 15.2. The minimum atomic E-state index is 0.0689. The van der Waals surface area contributed by atoms with Crippen LogP contribution in [0.3, 0.4) is 0 Å². The van der Waals surface area contributed by atoms with Gasteiger partial charge in [-0.05, 0) is 69.6 Å². The zero-order valence-electron chi connectivity index (χ0n) is 17.1. The van der Waals surface area contributed by atoms with Gasteiger partial charge in [-0.15, -0.1) is 0 Å². The van der Waals surface area contributed by atoms with Crippen molar-refractivity contribution in [2.24, 2.45) is 5.92 Å². The summed E-state index contributed by atoms with van der Waals surface area (Å²) in [6.45, 7) is 6.89. The van der Waals surface area contributed by atoms with Gasteiger partial charge in [-0.1, -0.05) is 36.4 Å². The molecule has 2 heterocycles. The summed E-state index contributed by atoms with van der Waals surface area (Å²) >= 11 is 0. The molecule has 4 rings (SSSR count). The Morgan fingerprint density at radius 2 is 1.79 bits per heavy atom. The third kappa shape index (κ3) is 4.74. The van der Waals surface area contributed by atoms with Crippen LogP contribution in [0.2, 0.25) is 0 Å². The SMILES string of the molecule is Cc1cc(C)n(-c2cccc(NC(=O)C3CCN(Cc4ccccc4)CC3)c2)n1. The van der Waals surface area contributed by atoms with E-state index in [0.29, 0.717) is 0 Å². The molecule has 1 fully saturated rings. The summed E-state index contributed by atoms with van der Waals surface area (Å²) in [5.74, 6) is 0.189. The Hall–Kier alpha value is -2.92. The van der Waals surface area contributed by atoms with E-state index in [2.05, 4.69) is 45.6 Å². The summed E-state index contributed by atoms with van der Waals surface area (Å²) in [5, 5.41) is 7.65.